The van der Waals surface area contributed by atoms with Crippen molar-refractivity contribution in [3.8, 4) is 34.1 Å². The van der Waals surface area contributed by atoms with Crippen LogP contribution in [0.5, 0.6) is 23.0 Å². The van der Waals surface area contributed by atoms with Gasteiger partial charge in [0.25, 0.3) is 0 Å². The second kappa shape index (κ2) is 6.71. The Bertz CT molecular complexity index is 734. The Labute approximate surface area is 133 Å². The van der Waals surface area contributed by atoms with Gasteiger partial charge in [0.1, 0.15) is 0 Å². The van der Waals surface area contributed by atoms with Gasteiger partial charge in [0.15, 0.2) is 23.0 Å². The molecule has 0 unspecified atom stereocenters. The van der Waals surface area contributed by atoms with E-state index in [1.54, 1.807) is 18.2 Å². The lowest BCUT2D eigenvalue weighted by atomic mass is 9.92. The van der Waals surface area contributed by atoms with Gasteiger partial charge in [-0.2, -0.15) is 23.6 Å². The molecule has 8 heteroatoms. The van der Waals surface area contributed by atoms with Crippen molar-refractivity contribution in [2.45, 2.75) is 20.8 Å². The molecular weight excluding hydrogens is 300 g/mol. The summed E-state index contributed by atoms with van der Waals surface area (Å²) in [5.74, 6) is 23.1. The molecule has 8 N–H and O–H groups in total. The number of nitrogens with two attached hydrogens (primary N) is 4. The first-order valence-corrected chi connectivity index (χ1v) is 6.75. The van der Waals surface area contributed by atoms with Crippen LogP contribution in [0.1, 0.15) is 16.7 Å². The van der Waals surface area contributed by atoms with E-state index in [1.165, 1.54) is 0 Å². The number of rotatable bonds is 5. The molecule has 2 rings (SSSR count). The van der Waals surface area contributed by atoms with Crippen LogP contribution in [0.25, 0.3) is 11.1 Å². The van der Waals surface area contributed by atoms with E-state index in [1.807, 2.05) is 20.8 Å². The highest BCUT2D eigenvalue weighted by molar-refractivity contribution is 5.83. The zero-order valence-corrected chi connectivity index (χ0v) is 13.2. The lowest BCUT2D eigenvalue weighted by molar-refractivity contribution is 0.315. The molecule has 0 aliphatic rings. The van der Waals surface area contributed by atoms with Crippen LogP contribution in [-0.2, 0) is 0 Å². The Morgan fingerprint density at radius 2 is 1.30 bits per heavy atom. The zero-order chi connectivity index (χ0) is 17.1. The molecule has 0 aliphatic heterocycles. The minimum absolute atomic E-state index is 0.334. The average Bonchev–Trinajstić information content (AvgIpc) is 2.58. The second-order valence-electron chi connectivity index (χ2n) is 5.04. The first-order chi connectivity index (χ1) is 11.0. The number of hydrogen-bond acceptors (Lipinski definition) is 8. The van der Waals surface area contributed by atoms with E-state index < -0.39 is 0 Å². The highest BCUT2D eigenvalue weighted by Crippen LogP contribution is 2.46. The first kappa shape index (κ1) is 16.8. The van der Waals surface area contributed by atoms with Crippen LogP contribution in [-0.4, -0.2) is 0 Å². The van der Waals surface area contributed by atoms with E-state index >= 15 is 0 Å². The third kappa shape index (κ3) is 2.76. The van der Waals surface area contributed by atoms with Gasteiger partial charge in [0, 0.05) is 33.9 Å². The Morgan fingerprint density at radius 3 is 1.83 bits per heavy atom. The van der Waals surface area contributed by atoms with E-state index in [2.05, 4.69) is 4.84 Å². The zero-order valence-electron chi connectivity index (χ0n) is 13.2. The third-order valence-electron chi connectivity index (χ3n) is 3.91. The molecule has 0 saturated carbocycles. The van der Waals surface area contributed by atoms with Gasteiger partial charge in [0.2, 0.25) is 0 Å². The second-order valence-corrected chi connectivity index (χ2v) is 5.04. The minimum Gasteiger partial charge on any atom is -0.411 e. The van der Waals surface area contributed by atoms with E-state index in [4.69, 9.17) is 38.1 Å². The molecule has 0 amide bonds. The van der Waals surface area contributed by atoms with Gasteiger partial charge in [-0.05, 0) is 32.9 Å². The average molecular weight is 320 g/mol. The maximum Gasteiger partial charge on any atom is 0.158 e. The van der Waals surface area contributed by atoms with Crippen LogP contribution < -0.4 is 42.9 Å². The van der Waals surface area contributed by atoms with E-state index in [0.717, 1.165) is 16.7 Å². The highest BCUT2D eigenvalue weighted by Gasteiger charge is 2.23. The minimum atomic E-state index is 0.334. The molecule has 0 atom stereocenters. The Hall–Kier alpha value is -2.52. The van der Waals surface area contributed by atoms with Gasteiger partial charge < -0.3 is 19.4 Å². The van der Waals surface area contributed by atoms with Gasteiger partial charge in [-0.3, -0.25) is 0 Å². The predicted octanol–water partition coefficient (Wildman–Crippen LogP) is 1.29. The quantitative estimate of drug-likeness (QED) is 0.604. The van der Waals surface area contributed by atoms with Crippen LogP contribution in [0, 0.1) is 20.8 Å². The van der Waals surface area contributed by atoms with Crippen molar-refractivity contribution < 1.29 is 19.4 Å². The molecule has 0 fully saturated rings. The van der Waals surface area contributed by atoms with Gasteiger partial charge >= 0.3 is 0 Å². The Kier molecular flexibility index (Phi) is 4.92. The molecule has 2 aromatic rings. The van der Waals surface area contributed by atoms with Gasteiger partial charge in [-0.15, -0.1) is 0 Å². The SMILES string of the molecule is Cc1c(C)c(ON)c(-c2ccc(ON)cc2ON)c(C)c1ON. The van der Waals surface area contributed by atoms with Crippen molar-refractivity contribution in [3.05, 3.63) is 34.9 Å². The molecule has 0 aliphatic carbocycles. The Balaban J connectivity index is 2.85. The fourth-order valence-electron chi connectivity index (χ4n) is 2.62. The summed E-state index contributed by atoms with van der Waals surface area (Å²) < 4.78 is 0. The smallest absolute Gasteiger partial charge is 0.158 e. The molecule has 23 heavy (non-hydrogen) atoms. The largest absolute Gasteiger partial charge is 0.411 e. The standard InChI is InChI=1S/C15H20N4O4/c1-7-8(2)15(23-19)13(9(3)14(7)22-18)11-5-4-10(20-16)6-12(11)21-17/h4-6H,16-19H2,1-3H3. The van der Waals surface area contributed by atoms with Crippen molar-refractivity contribution in [3.63, 3.8) is 0 Å². The van der Waals surface area contributed by atoms with Crippen LogP contribution in [0.15, 0.2) is 18.2 Å². The predicted molar refractivity (Wildman–Crippen MR) is 85.4 cm³/mol. The summed E-state index contributed by atoms with van der Waals surface area (Å²) in [5, 5.41) is 0. The summed E-state index contributed by atoms with van der Waals surface area (Å²) in [6, 6.07) is 4.94. The summed E-state index contributed by atoms with van der Waals surface area (Å²) >= 11 is 0. The fraction of sp³-hybridized carbons (Fsp3) is 0.200. The molecular formula is C15H20N4O4. The van der Waals surface area contributed by atoms with Crippen LogP contribution in [0.2, 0.25) is 0 Å². The van der Waals surface area contributed by atoms with Gasteiger partial charge in [0.05, 0.1) is 0 Å². The topological polar surface area (TPSA) is 141 Å². The number of hydrogen-bond donors (Lipinski definition) is 4. The van der Waals surface area contributed by atoms with E-state index in [9.17, 15) is 0 Å². The molecule has 2 aromatic carbocycles. The first-order valence-electron chi connectivity index (χ1n) is 6.75. The maximum absolute atomic E-state index is 5.48. The van der Waals surface area contributed by atoms with Crippen LogP contribution in [0.4, 0.5) is 0 Å². The summed E-state index contributed by atoms with van der Waals surface area (Å²) in [6.45, 7) is 5.55. The van der Waals surface area contributed by atoms with Crippen LogP contribution >= 0.6 is 0 Å². The van der Waals surface area contributed by atoms with Crippen molar-refractivity contribution in [2.75, 3.05) is 0 Å². The monoisotopic (exact) mass is 320 g/mol. The van der Waals surface area contributed by atoms with Gasteiger partial charge in [-0.1, -0.05) is 0 Å². The molecule has 0 saturated heterocycles. The molecule has 124 valence electrons. The summed E-state index contributed by atoms with van der Waals surface area (Å²) in [5.41, 5.74) is 3.63. The normalized spacial score (nSPS) is 10.4. The summed E-state index contributed by atoms with van der Waals surface area (Å²) in [4.78, 5) is 19.7. The highest BCUT2D eigenvalue weighted by atomic mass is 16.6. The molecule has 0 bridgehead atoms. The lowest BCUT2D eigenvalue weighted by Gasteiger charge is -2.20. The van der Waals surface area contributed by atoms with Crippen molar-refractivity contribution in [1.82, 2.24) is 0 Å². The summed E-state index contributed by atoms with van der Waals surface area (Å²) in [7, 11) is 0. The molecule has 0 heterocycles. The molecule has 0 aromatic heterocycles. The van der Waals surface area contributed by atoms with E-state index in [-0.39, 0.29) is 0 Å². The van der Waals surface area contributed by atoms with Crippen molar-refractivity contribution >= 4 is 0 Å². The van der Waals surface area contributed by atoms with E-state index in [0.29, 0.717) is 34.1 Å². The van der Waals surface area contributed by atoms with Crippen LogP contribution in [0.3, 0.4) is 0 Å². The molecule has 0 spiro atoms. The molecule has 8 nitrogen and oxygen atoms in total. The Morgan fingerprint density at radius 1 is 0.696 bits per heavy atom. The van der Waals surface area contributed by atoms with Gasteiger partial charge in [-0.25, -0.2) is 0 Å². The fourth-order valence-corrected chi connectivity index (χ4v) is 2.62. The summed E-state index contributed by atoms with van der Waals surface area (Å²) in [6.07, 6.45) is 0. The molecule has 0 radical (unpaired) electrons. The van der Waals surface area contributed by atoms with Crippen molar-refractivity contribution in [1.29, 1.82) is 0 Å². The third-order valence-corrected chi connectivity index (χ3v) is 3.91. The number of benzene rings is 2. The maximum atomic E-state index is 5.48. The van der Waals surface area contributed by atoms with Crippen molar-refractivity contribution in [2.24, 2.45) is 23.6 Å². The lowest BCUT2D eigenvalue weighted by Crippen LogP contribution is -2.12.